The molecule has 1 atom stereocenters. The molecule has 1 aromatic rings. The maximum absolute atomic E-state index is 11.0. The number of nitrogens with one attached hydrogen (secondary N) is 2. The number of carboxylic acids is 1. The summed E-state index contributed by atoms with van der Waals surface area (Å²) in [6, 6.07) is 5.62. The first-order valence-electron chi connectivity index (χ1n) is 5.27. The molecule has 88 valence electrons. The van der Waals surface area contributed by atoms with Crippen LogP contribution in [-0.2, 0) is 11.3 Å². The van der Waals surface area contributed by atoms with E-state index in [0.29, 0.717) is 12.1 Å². The van der Waals surface area contributed by atoms with Gasteiger partial charge in [-0.2, -0.15) is 0 Å². The molecule has 0 amide bonds. The standard InChI is InChI=1S/C12H13N3O2/c16-12(17)10-5-3-7-14-11(10)15-8-9-4-1-2-6-13-9/h1-7,11,14-15H,8H2,(H,16,17). The molecular weight excluding hydrogens is 218 g/mol. The Labute approximate surface area is 98.9 Å². The van der Waals surface area contributed by atoms with Crippen LogP contribution in [0.3, 0.4) is 0 Å². The van der Waals surface area contributed by atoms with Crippen LogP contribution < -0.4 is 10.6 Å². The molecule has 1 aliphatic heterocycles. The number of carboxylic acid groups (broad SMARTS) is 1. The normalized spacial score (nSPS) is 18.4. The van der Waals surface area contributed by atoms with Crippen LogP contribution in [0.4, 0.5) is 0 Å². The Kier molecular flexibility index (Phi) is 3.52. The van der Waals surface area contributed by atoms with Crippen LogP contribution in [0.5, 0.6) is 0 Å². The first-order chi connectivity index (χ1) is 8.27. The van der Waals surface area contributed by atoms with Crippen molar-refractivity contribution in [3.05, 3.63) is 54.0 Å². The van der Waals surface area contributed by atoms with Crippen LogP contribution in [0.15, 0.2) is 48.3 Å². The van der Waals surface area contributed by atoms with E-state index >= 15 is 0 Å². The molecule has 5 nitrogen and oxygen atoms in total. The molecule has 1 aromatic heterocycles. The van der Waals surface area contributed by atoms with E-state index in [0.717, 1.165) is 5.69 Å². The fourth-order valence-electron chi connectivity index (χ4n) is 1.56. The zero-order chi connectivity index (χ0) is 12.1. The Morgan fingerprint density at radius 2 is 2.41 bits per heavy atom. The summed E-state index contributed by atoms with van der Waals surface area (Å²) in [7, 11) is 0. The van der Waals surface area contributed by atoms with Gasteiger partial charge in [0.1, 0.15) is 6.17 Å². The molecule has 0 saturated carbocycles. The minimum atomic E-state index is -0.930. The molecule has 0 saturated heterocycles. The van der Waals surface area contributed by atoms with E-state index in [-0.39, 0.29) is 6.17 Å². The predicted molar refractivity (Wildman–Crippen MR) is 62.9 cm³/mol. The molecule has 0 aromatic carbocycles. The van der Waals surface area contributed by atoms with Gasteiger partial charge in [-0.05, 0) is 30.5 Å². The highest BCUT2D eigenvalue weighted by molar-refractivity contribution is 5.88. The minimum Gasteiger partial charge on any atom is -0.478 e. The lowest BCUT2D eigenvalue weighted by Gasteiger charge is -2.21. The van der Waals surface area contributed by atoms with E-state index in [1.54, 1.807) is 24.5 Å². The molecule has 1 aliphatic rings. The minimum absolute atomic E-state index is 0.295. The van der Waals surface area contributed by atoms with E-state index in [1.165, 1.54) is 0 Å². The second kappa shape index (κ2) is 5.27. The van der Waals surface area contributed by atoms with E-state index < -0.39 is 5.97 Å². The van der Waals surface area contributed by atoms with E-state index in [2.05, 4.69) is 15.6 Å². The molecule has 0 radical (unpaired) electrons. The van der Waals surface area contributed by atoms with Gasteiger partial charge in [-0.15, -0.1) is 0 Å². The Hall–Kier alpha value is -2.14. The summed E-state index contributed by atoms with van der Waals surface area (Å²) in [6.45, 7) is 0.511. The van der Waals surface area contributed by atoms with Gasteiger partial charge in [-0.25, -0.2) is 4.79 Å². The zero-order valence-corrected chi connectivity index (χ0v) is 9.13. The number of hydrogen-bond acceptors (Lipinski definition) is 4. The number of aliphatic carboxylic acids is 1. The quantitative estimate of drug-likeness (QED) is 0.708. The number of carbonyl (C=O) groups is 1. The van der Waals surface area contributed by atoms with E-state index in [4.69, 9.17) is 5.11 Å². The van der Waals surface area contributed by atoms with Gasteiger partial charge in [0.05, 0.1) is 11.3 Å². The van der Waals surface area contributed by atoms with Crippen LogP contribution in [0.1, 0.15) is 5.69 Å². The Morgan fingerprint density at radius 3 is 3.12 bits per heavy atom. The topological polar surface area (TPSA) is 74.2 Å². The molecule has 3 N–H and O–H groups in total. The van der Waals surface area contributed by atoms with Crippen LogP contribution in [0.2, 0.25) is 0 Å². The molecule has 0 aliphatic carbocycles. The summed E-state index contributed by atoms with van der Waals surface area (Å²) in [6.07, 6.45) is 6.28. The van der Waals surface area contributed by atoms with Gasteiger partial charge < -0.3 is 10.4 Å². The lowest BCUT2D eigenvalue weighted by molar-refractivity contribution is -0.133. The van der Waals surface area contributed by atoms with Crippen molar-refractivity contribution in [2.75, 3.05) is 0 Å². The summed E-state index contributed by atoms with van der Waals surface area (Å²) in [5.41, 5.74) is 1.16. The van der Waals surface area contributed by atoms with E-state index in [1.807, 2.05) is 18.2 Å². The van der Waals surface area contributed by atoms with E-state index in [9.17, 15) is 4.79 Å². The number of rotatable bonds is 4. The van der Waals surface area contributed by atoms with Gasteiger partial charge >= 0.3 is 5.97 Å². The molecule has 0 bridgehead atoms. The van der Waals surface area contributed by atoms with Crippen LogP contribution in [-0.4, -0.2) is 22.2 Å². The van der Waals surface area contributed by atoms with Gasteiger partial charge in [0.2, 0.25) is 0 Å². The third-order valence-electron chi connectivity index (χ3n) is 2.41. The largest absolute Gasteiger partial charge is 0.478 e. The molecule has 17 heavy (non-hydrogen) atoms. The monoisotopic (exact) mass is 231 g/mol. The van der Waals surface area contributed by atoms with Crippen molar-refractivity contribution in [1.29, 1.82) is 0 Å². The molecule has 2 heterocycles. The second-order valence-corrected chi connectivity index (χ2v) is 3.59. The predicted octanol–water partition coefficient (Wildman–Crippen LogP) is 0.625. The molecular formula is C12H13N3O2. The molecule has 1 unspecified atom stereocenters. The summed E-state index contributed by atoms with van der Waals surface area (Å²) >= 11 is 0. The Balaban J connectivity index is 1.98. The van der Waals surface area contributed by atoms with Crippen molar-refractivity contribution >= 4 is 5.97 Å². The number of nitrogens with zero attached hydrogens (tertiary/aromatic N) is 1. The Morgan fingerprint density at radius 1 is 1.53 bits per heavy atom. The third kappa shape index (κ3) is 2.92. The fourth-order valence-corrected chi connectivity index (χ4v) is 1.56. The van der Waals surface area contributed by atoms with Gasteiger partial charge in [-0.1, -0.05) is 6.07 Å². The molecule has 0 spiro atoms. The average molecular weight is 231 g/mol. The SMILES string of the molecule is O=C(O)C1=CC=CNC1NCc1ccccn1. The van der Waals surface area contributed by atoms with Crippen molar-refractivity contribution in [2.45, 2.75) is 12.7 Å². The molecule has 5 heteroatoms. The van der Waals surface area contributed by atoms with Crippen molar-refractivity contribution < 1.29 is 9.90 Å². The summed E-state index contributed by atoms with van der Waals surface area (Å²) in [4.78, 5) is 15.1. The fraction of sp³-hybridized carbons (Fsp3) is 0.167. The number of hydrogen-bond donors (Lipinski definition) is 3. The summed E-state index contributed by atoms with van der Waals surface area (Å²) < 4.78 is 0. The average Bonchev–Trinajstić information content (AvgIpc) is 2.38. The number of dihydropyridines is 1. The number of pyridine rings is 1. The first-order valence-corrected chi connectivity index (χ1v) is 5.27. The third-order valence-corrected chi connectivity index (χ3v) is 2.41. The maximum atomic E-state index is 11.0. The van der Waals surface area contributed by atoms with Crippen LogP contribution >= 0.6 is 0 Å². The highest BCUT2D eigenvalue weighted by Crippen LogP contribution is 2.06. The van der Waals surface area contributed by atoms with Crippen molar-refractivity contribution in [1.82, 2.24) is 15.6 Å². The van der Waals surface area contributed by atoms with Crippen LogP contribution in [0.25, 0.3) is 0 Å². The molecule has 2 rings (SSSR count). The maximum Gasteiger partial charge on any atom is 0.335 e. The van der Waals surface area contributed by atoms with Crippen LogP contribution in [0, 0.1) is 0 Å². The zero-order valence-electron chi connectivity index (χ0n) is 9.13. The number of allylic oxidation sites excluding steroid dienone is 2. The second-order valence-electron chi connectivity index (χ2n) is 3.59. The molecule has 0 fully saturated rings. The highest BCUT2D eigenvalue weighted by Gasteiger charge is 2.20. The highest BCUT2D eigenvalue weighted by atomic mass is 16.4. The van der Waals surface area contributed by atoms with Gasteiger partial charge in [-0.3, -0.25) is 10.3 Å². The van der Waals surface area contributed by atoms with Crippen molar-refractivity contribution in [2.24, 2.45) is 0 Å². The lowest BCUT2D eigenvalue weighted by atomic mass is 10.1. The lowest BCUT2D eigenvalue weighted by Crippen LogP contribution is -2.44. The van der Waals surface area contributed by atoms with Crippen molar-refractivity contribution in [3.8, 4) is 0 Å². The van der Waals surface area contributed by atoms with Gasteiger partial charge in [0.15, 0.2) is 0 Å². The first kappa shape index (κ1) is 11.3. The van der Waals surface area contributed by atoms with Gasteiger partial charge in [0, 0.05) is 12.7 Å². The van der Waals surface area contributed by atoms with Crippen molar-refractivity contribution in [3.63, 3.8) is 0 Å². The summed E-state index contributed by atoms with van der Waals surface area (Å²) in [5.74, 6) is -0.930. The number of aromatic nitrogens is 1. The van der Waals surface area contributed by atoms with Gasteiger partial charge in [0.25, 0.3) is 0 Å². The summed E-state index contributed by atoms with van der Waals surface area (Å²) in [5, 5.41) is 15.1. The smallest absolute Gasteiger partial charge is 0.335 e. The Bertz CT molecular complexity index is 454.